The van der Waals surface area contributed by atoms with Gasteiger partial charge in [-0.1, -0.05) is 0 Å². The number of amides is 1. The van der Waals surface area contributed by atoms with Crippen LogP contribution in [0.1, 0.15) is 17.3 Å². The molecule has 1 aromatic rings. The van der Waals surface area contributed by atoms with Crippen LogP contribution in [0.25, 0.3) is 0 Å². The predicted octanol–water partition coefficient (Wildman–Crippen LogP) is 0.941. The molecule has 1 aliphatic rings. The van der Waals surface area contributed by atoms with E-state index in [-0.39, 0.29) is 18.1 Å². The van der Waals surface area contributed by atoms with E-state index < -0.39 is 0 Å². The Balaban J connectivity index is 2.10. The average molecular weight is 277 g/mol. The third kappa shape index (κ3) is 3.29. The molecule has 1 saturated heterocycles. The number of carbonyl (C=O) groups excluding carboxylic acids is 1. The number of nitrogens with two attached hydrogens (primary N) is 1. The summed E-state index contributed by atoms with van der Waals surface area (Å²) in [5, 5.41) is 0. The first-order valence-electron chi connectivity index (χ1n) is 6.93. The molecule has 2 unspecified atom stereocenters. The SMILES string of the molecule is CC1CN(C(=O)c2ccc(N(C)C)cc2)CC(CN)O1. The van der Waals surface area contributed by atoms with Crippen LogP contribution in [-0.4, -0.2) is 56.7 Å². The van der Waals surface area contributed by atoms with Gasteiger partial charge in [-0.3, -0.25) is 4.79 Å². The number of rotatable bonds is 3. The lowest BCUT2D eigenvalue weighted by Gasteiger charge is -2.36. The second kappa shape index (κ2) is 6.24. The second-order valence-electron chi connectivity index (χ2n) is 5.46. The molecule has 0 bridgehead atoms. The molecule has 20 heavy (non-hydrogen) atoms. The normalized spacial score (nSPS) is 22.7. The molecule has 2 atom stereocenters. The molecule has 2 N–H and O–H groups in total. The Labute approximate surface area is 120 Å². The van der Waals surface area contributed by atoms with Crippen molar-refractivity contribution in [2.24, 2.45) is 5.73 Å². The van der Waals surface area contributed by atoms with E-state index in [9.17, 15) is 4.79 Å². The highest BCUT2D eigenvalue weighted by Gasteiger charge is 2.28. The van der Waals surface area contributed by atoms with Gasteiger partial charge in [0.25, 0.3) is 5.91 Å². The van der Waals surface area contributed by atoms with Crippen LogP contribution in [0.2, 0.25) is 0 Å². The Bertz CT molecular complexity index is 459. The third-order valence-electron chi connectivity index (χ3n) is 3.51. The summed E-state index contributed by atoms with van der Waals surface area (Å²) in [5.74, 6) is 0.0453. The van der Waals surface area contributed by atoms with Gasteiger partial charge in [0.1, 0.15) is 0 Å². The van der Waals surface area contributed by atoms with E-state index in [0.29, 0.717) is 25.2 Å². The Morgan fingerprint density at radius 3 is 2.55 bits per heavy atom. The molecule has 1 aromatic carbocycles. The minimum atomic E-state index is -0.0660. The number of ether oxygens (including phenoxy) is 1. The molecule has 1 aliphatic heterocycles. The number of anilines is 1. The fourth-order valence-corrected chi connectivity index (χ4v) is 2.43. The van der Waals surface area contributed by atoms with E-state index in [2.05, 4.69) is 0 Å². The van der Waals surface area contributed by atoms with Gasteiger partial charge < -0.3 is 20.3 Å². The summed E-state index contributed by atoms with van der Waals surface area (Å²) in [6, 6.07) is 7.65. The molecule has 5 nitrogen and oxygen atoms in total. The van der Waals surface area contributed by atoms with Crippen molar-refractivity contribution in [1.82, 2.24) is 4.90 Å². The number of morpholine rings is 1. The molecule has 0 spiro atoms. The standard InChI is InChI=1S/C15H23N3O2/c1-11-9-18(10-14(8-16)20-11)15(19)12-4-6-13(7-5-12)17(2)3/h4-7,11,14H,8-10,16H2,1-3H3. The molecule has 5 heteroatoms. The molecular weight excluding hydrogens is 254 g/mol. The van der Waals surface area contributed by atoms with Gasteiger partial charge in [-0.15, -0.1) is 0 Å². The highest BCUT2D eigenvalue weighted by atomic mass is 16.5. The Morgan fingerprint density at radius 1 is 1.35 bits per heavy atom. The van der Waals surface area contributed by atoms with Crippen molar-refractivity contribution in [3.05, 3.63) is 29.8 Å². The molecule has 0 radical (unpaired) electrons. The minimum absolute atomic E-state index is 0.0299. The average Bonchev–Trinajstić information content (AvgIpc) is 2.45. The van der Waals surface area contributed by atoms with Crippen LogP contribution in [0.5, 0.6) is 0 Å². The quantitative estimate of drug-likeness (QED) is 0.893. The summed E-state index contributed by atoms with van der Waals surface area (Å²) < 4.78 is 5.68. The van der Waals surface area contributed by atoms with Crippen molar-refractivity contribution in [2.75, 3.05) is 38.6 Å². The summed E-state index contributed by atoms with van der Waals surface area (Å²) >= 11 is 0. The van der Waals surface area contributed by atoms with Gasteiger partial charge in [-0.05, 0) is 31.2 Å². The van der Waals surface area contributed by atoms with E-state index in [4.69, 9.17) is 10.5 Å². The van der Waals surface area contributed by atoms with Gasteiger partial charge in [-0.25, -0.2) is 0 Å². The van der Waals surface area contributed by atoms with Crippen molar-refractivity contribution in [2.45, 2.75) is 19.1 Å². The molecule has 1 heterocycles. The molecule has 2 rings (SSSR count). The van der Waals surface area contributed by atoms with Gasteiger partial charge in [0.2, 0.25) is 0 Å². The molecule has 0 aliphatic carbocycles. The van der Waals surface area contributed by atoms with Crippen molar-refractivity contribution in [3.8, 4) is 0 Å². The zero-order chi connectivity index (χ0) is 14.7. The lowest BCUT2D eigenvalue weighted by atomic mass is 10.1. The smallest absolute Gasteiger partial charge is 0.254 e. The zero-order valence-electron chi connectivity index (χ0n) is 12.4. The molecular formula is C15H23N3O2. The maximum atomic E-state index is 12.5. The second-order valence-corrected chi connectivity index (χ2v) is 5.46. The van der Waals surface area contributed by atoms with E-state index in [1.807, 2.05) is 55.1 Å². The fourth-order valence-electron chi connectivity index (χ4n) is 2.43. The van der Waals surface area contributed by atoms with Gasteiger partial charge >= 0.3 is 0 Å². The monoisotopic (exact) mass is 277 g/mol. The molecule has 1 fully saturated rings. The zero-order valence-corrected chi connectivity index (χ0v) is 12.4. The van der Waals surface area contributed by atoms with E-state index >= 15 is 0 Å². The molecule has 110 valence electrons. The molecule has 1 amide bonds. The number of benzene rings is 1. The van der Waals surface area contributed by atoms with Crippen LogP contribution in [0.3, 0.4) is 0 Å². The van der Waals surface area contributed by atoms with Crippen molar-refractivity contribution in [3.63, 3.8) is 0 Å². The summed E-state index contributed by atoms with van der Waals surface area (Å²) in [7, 11) is 3.96. The van der Waals surface area contributed by atoms with Crippen LogP contribution in [-0.2, 0) is 4.74 Å². The number of nitrogens with zero attached hydrogens (tertiary/aromatic N) is 2. The Morgan fingerprint density at radius 2 is 2.00 bits per heavy atom. The van der Waals surface area contributed by atoms with Gasteiger partial charge in [-0.2, -0.15) is 0 Å². The van der Waals surface area contributed by atoms with Crippen LogP contribution >= 0.6 is 0 Å². The van der Waals surface area contributed by atoms with Gasteiger partial charge in [0.05, 0.1) is 12.2 Å². The Hall–Kier alpha value is -1.59. The van der Waals surface area contributed by atoms with Crippen LogP contribution in [0, 0.1) is 0 Å². The van der Waals surface area contributed by atoms with Crippen LogP contribution < -0.4 is 10.6 Å². The summed E-state index contributed by atoms with van der Waals surface area (Å²) in [6.45, 7) is 3.59. The van der Waals surface area contributed by atoms with Crippen molar-refractivity contribution < 1.29 is 9.53 Å². The van der Waals surface area contributed by atoms with Crippen LogP contribution in [0.15, 0.2) is 24.3 Å². The van der Waals surface area contributed by atoms with Gasteiger partial charge in [0.15, 0.2) is 0 Å². The highest BCUT2D eigenvalue weighted by molar-refractivity contribution is 5.94. The number of carbonyl (C=O) groups is 1. The summed E-state index contributed by atoms with van der Waals surface area (Å²) in [5.41, 5.74) is 7.44. The van der Waals surface area contributed by atoms with Crippen molar-refractivity contribution in [1.29, 1.82) is 0 Å². The van der Waals surface area contributed by atoms with Crippen molar-refractivity contribution >= 4 is 11.6 Å². The topological polar surface area (TPSA) is 58.8 Å². The van der Waals surface area contributed by atoms with E-state index in [1.165, 1.54) is 0 Å². The highest BCUT2D eigenvalue weighted by Crippen LogP contribution is 2.17. The third-order valence-corrected chi connectivity index (χ3v) is 3.51. The predicted molar refractivity (Wildman–Crippen MR) is 80.1 cm³/mol. The lowest BCUT2D eigenvalue weighted by molar-refractivity contribution is -0.0625. The van der Waals surface area contributed by atoms with E-state index in [1.54, 1.807) is 0 Å². The van der Waals surface area contributed by atoms with Crippen LogP contribution in [0.4, 0.5) is 5.69 Å². The summed E-state index contributed by atoms with van der Waals surface area (Å²) in [6.07, 6.45) is -0.0361. The first-order valence-corrected chi connectivity index (χ1v) is 6.93. The first kappa shape index (κ1) is 14.8. The first-order chi connectivity index (χ1) is 9.51. The fraction of sp³-hybridized carbons (Fsp3) is 0.533. The van der Waals surface area contributed by atoms with Gasteiger partial charge in [0, 0.05) is 45.0 Å². The number of hydrogen-bond acceptors (Lipinski definition) is 4. The molecule has 0 saturated carbocycles. The van der Waals surface area contributed by atoms with E-state index in [0.717, 1.165) is 5.69 Å². The summed E-state index contributed by atoms with van der Waals surface area (Å²) in [4.78, 5) is 16.3. The largest absolute Gasteiger partial charge is 0.378 e. The lowest BCUT2D eigenvalue weighted by Crippen LogP contribution is -2.51. The maximum Gasteiger partial charge on any atom is 0.254 e. The minimum Gasteiger partial charge on any atom is -0.378 e. The maximum absolute atomic E-state index is 12.5. The number of hydrogen-bond donors (Lipinski definition) is 1. The molecule has 0 aromatic heterocycles. The Kier molecular flexibility index (Phi) is 4.62.